The number of thioether (sulfide) groups is 1. The maximum atomic E-state index is 12.8. The summed E-state index contributed by atoms with van der Waals surface area (Å²) in [6.07, 6.45) is 1.55. The minimum Gasteiger partial charge on any atom is -0.492 e. The first-order valence-electron chi connectivity index (χ1n) is 11.6. The summed E-state index contributed by atoms with van der Waals surface area (Å²) in [6, 6.07) is 17.6. The third-order valence-electron chi connectivity index (χ3n) is 5.36. The lowest BCUT2D eigenvalue weighted by atomic mass is 10.2. The fourth-order valence-corrected chi connectivity index (χ4v) is 5.95. The highest BCUT2D eigenvalue weighted by atomic mass is 79.9. The highest BCUT2D eigenvalue weighted by Gasteiger charge is 2.34. The molecule has 4 rings (SSSR count). The zero-order valence-corrected chi connectivity index (χ0v) is 24.1. The average molecular weight is 632 g/mol. The van der Waals surface area contributed by atoms with Crippen molar-refractivity contribution < 1.29 is 31.7 Å². The Morgan fingerprint density at radius 1 is 1.08 bits per heavy atom. The molecule has 1 aliphatic heterocycles. The van der Waals surface area contributed by atoms with E-state index in [0.717, 1.165) is 22.2 Å². The number of hydrogen-bond donors (Lipinski definition) is 1. The monoisotopic (exact) mass is 630 g/mol. The predicted octanol–water partition coefficient (Wildman–Crippen LogP) is 5.60. The number of rotatable bonds is 9. The molecular weight excluding hydrogens is 608 g/mol. The number of hydrogen-bond acceptors (Lipinski definition) is 8. The third-order valence-corrected chi connectivity index (χ3v) is 8.14. The molecular formula is C27H23BrN2O7S2. The summed E-state index contributed by atoms with van der Waals surface area (Å²) in [6.45, 7) is 3.56. The van der Waals surface area contributed by atoms with Crippen molar-refractivity contribution in [3.05, 3.63) is 87.2 Å². The molecule has 0 atom stereocenters. The van der Waals surface area contributed by atoms with Gasteiger partial charge >= 0.3 is 10.1 Å². The summed E-state index contributed by atoms with van der Waals surface area (Å²) in [5, 5.41) is 2.17. The molecule has 0 aliphatic carbocycles. The topological polar surface area (TPSA) is 119 Å². The van der Waals surface area contributed by atoms with E-state index in [9.17, 15) is 22.8 Å². The lowest BCUT2D eigenvalue weighted by Gasteiger charge is -2.13. The van der Waals surface area contributed by atoms with Gasteiger partial charge in [0.15, 0.2) is 5.75 Å². The number of carbonyl (C=O) groups is 3. The molecule has 1 heterocycles. The van der Waals surface area contributed by atoms with Crippen LogP contribution < -0.4 is 14.2 Å². The molecule has 0 aromatic heterocycles. The molecule has 12 heteroatoms. The van der Waals surface area contributed by atoms with E-state index >= 15 is 0 Å². The average Bonchev–Trinajstić information content (AvgIpc) is 3.13. The maximum Gasteiger partial charge on any atom is 0.339 e. The van der Waals surface area contributed by atoms with E-state index in [4.69, 9.17) is 8.92 Å². The molecule has 1 aliphatic rings. The van der Waals surface area contributed by atoms with E-state index in [2.05, 4.69) is 21.2 Å². The first-order valence-corrected chi connectivity index (χ1v) is 14.6. The van der Waals surface area contributed by atoms with Gasteiger partial charge in [-0.25, -0.2) is 0 Å². The lowest BCUT2D eigenvalue weighted by Crippen LogP contribution is -2.32. The van der Waals surface area contributed by atoms with E-state index in [0.29, 0.717) is 21.5 Å². The number of nitrogens with one attached hydrogen (secondary N) is 1. The van der Waals surface area contributed by atoms with Crippen LogP contribution in [0, 0.1) is 6.92 Å². The van der Waals surface area contributed by atoms with Crippen LogP contribution in [0.4, 0.5) is 10.5 Å². The van der Waals surface area contributed by atoms with Crippen molar-refractivity contribution in [3.8, 4) is 11.5 Å². The van der Waals surface area contributed by atoms with Crippen molar-refractivity contribution in [1.29, 1.82) is 0 Å². The van der Waals surface area contributed by atoms with Crippen LogP contribution >= 0.6 is 27.7 Å². The summed E-state index contributed by atoms with van der Waals surface area (Å²) >= 11 is 4.13. The lowest BCUT2D eigenvalue weighted by molar-refractivity contribution is -0.123. The van der Waals surface area contributed by atoms with Crippen LogP contribution in [0.25, 0.3) is 6.08 Å². The van der Waals surface area contributed by atoms with Gasteiger partial charge in [-0.3, -0.25) is 19.3 Å². The summed E-state index contributed by atoms with van der Waals surface area (Å²) < 4.78 is 36.7. The molecule has 0 saturated carbocycles. The standard InChI is InChI=1S/C27H23BrN2O7S2/c1-17-4-3-5-21(14-17)36-13-12-30-26(32)25(38-27(30)33)16-19-6-11-24(23(28)15-19)37-39(34,35)22-9-7-20(8-10-22)29-18(2)31/h3-11,14-16H,12-13H2,1-2H3,(H,29,31)/b25-16-. The van der Waals surface area contributed by atoms with E-state index in [1.807, 2.05) is 25.1 Å². The summed E-state index contributed by atoms with van der Waals surface area (Å²) in [5.74, 6) is -0.00415. The van der Waals surface area contributed by atoms with Gasteiger partial charge in [-0.15, -0.1) is 0 Å². The molecule has 3 amide bonds. The van der Waals surface area contributed by atoms with Crippen molar-refractivity contribution >= 4 is 66.6 Å². The number of nitrogens with zero attached hydrogens (tertiary/aromatic N) is 1. The molecule has 9 nitrogen and oxygen atoms in total. The Balaban J connectivity index is 1.41. The largest absolute Gasteiger partial charge is 0.492 e. The van der Waals surface area contributed by atoms with Crippen LogP contribution in [0.15, 0.2) is 81.0 Å². The van der Waals surface area contributed by atoms with Crippen LogP contribution in [-0.4, -0.2) is 43.5 Å². The predicted molar refractivity (Wildman–Crippen MR) is 152 cm³/mol. The second-order valence-corrected chi connectivity index (χ2v) is 11.8. The molecule has 0 unspecified atom stereocenters. The molecule has 1 saturated heterocycles. The van der Waals surface area contributed by atoms with Gasteiger partial charge in [0, 0.05) is 12.6 Å². The minimum absolute atomic E-state index is 0.0412. The van der Waals surface area contributed by atoms with Crippen LogP contribution in [0.5, 0.6) is 11.5 Å². The van der Waals surface area contributed by atoms with Crippen molar-refractivity contribution in [2.45, 2.75) is 18.7 Å². The number of carbonyl (C=O) groups excluding carboxylic acids is 3. The molecule has 3 aromatic carbocycles. The number of benzene rings is 3. The van der Waals surface area contributed by atoms with Crippen LogP contribution in [0.2, 0.25) is 0 Å². The zero-order valence-electron chi connectivity index (χ0n) is 20.8. The number of amides is 3. The van der Waals surface area contributed by atoms with Gasteiger partial charge in [0.1, 0.15) is 17.3 Å². The Hall–Kier alpha value is -3.61. The SMILES string of the molecule is CC(=O)Nc1ccc(S(=O)(=O)Oc2ccc(/C=C3\SC(=O)N(CCOc4cccc(C)c4)C3=O)cc2Br)cc1. The number of halogens is 1. The number of imide groups is 1. The van der Waals surface area contributed by atoms with Gasteiger partial charge in [-0.05, 0) is 100 Å². The maximum absolute atomic E-state index is 12.8. The van der Waals surface area contributed by atoms with Gasteiger partial charge in [-0.2, -0.15) is 8.42 Å². The number of anilines is 1. The van der Waals surface area contributed by atoms with E-state index in [-0.39, 0.29) is 34.6 Å². The molecule has 0 bridgehead atoms. The zero-order chi connectivity index (χ0) is 28.2. The normalized spacial score (nSPS) is 14.5. The van der Waals surface area contributed by atoms with Crippen LogP contribution in [0.1, 0.15) is 18.1 Å². The van der Waals surface area contributed by atoms with Gasteiger partial charge in [0.25, 0.3) is 11.1 Å². The molecule has 39 heavy (non-hydrogen) atoms. The highest BCUT2D eigenvalue weighted by molar-refractivity contribution is 9.10. The second-order valence-electron chi connectivity index (χ2n) is 8.43. The first kappa shape index (κ1) is 28.4. The van der Waals surface area contributed by atoms with Crippen LogP contribution in [-0.2, 0) is 19.7 Å². The Bertz CT molecular complexity index is 1570. The van der Waals surface area contributed by atoms with E-state index in [1.54, 1.807) is 24.3 Å². The Morgan fingerprint density at radius 3 is 2.49 bits per heavy atom. The molecule has 1 fully saturated rings. The molecule has 202 valence electrons. The fraction of sp³-hybridized carbons (Fsp3) is 0.148. The van der Waals surface area contributed by atoms with Gasteiger partial charge in [-0.1, -0.05) is 18.2 Å². The van der Waals surface area contributed by atoms with Gasteiger partial charge in [0.05, 0.1) is 15.9 Å². The molecule has 1 N–H and O–H groups in total. The van der Waals surface area contributed by atoms with Crippen molar-refractivity contribution in [1.82, 2.24) is 4.90 Å². The van der Waals surface area contributed by atoms with Crippen molar-refractivity contribution in [2.24, 2.45) is 0 Å². The van der Waals surface area contributed by atoms with Crippen molar-refractivity contribution in [2.75, 3.05) is 18.5 Å². The van der Waals surface area contributed by atoms with E-state index < -0.39 is 21.3 Å². The molecule has 0 spiro atoms. The van der Waals surface area contributed by atoms with Crippen LogP contribution in [0.3, 0.4) is 0 Å². The Morgan fingerprint density at radius 2 is 1.82 bits per heavy atom. The Labute approximate surface area is 238 Å². The van der Waals surface area contributed by atoms with Gasteiger partial charge in [0.2, 0.25) is 5.91 Å². The first-order chi connectivity index (χ1) is 18.5. The third kappa shape index (κ3) is 7.28. The summed E-state index contributed by atoms with van der Waals surface area (Å²) in [7, 11) is -4.15. The fourth-order valence-electron chi connectivity index (χ4n) is 3.55. The Kier molecular flexibility index (Phi) is 8.78. The van der Waals surface area contributed by atoms with Crippen molar-refractivity contribution in [3.63, 3.8) is 0 Å². The highest BCUT2D eigenvalue weighted by Crippen LogP contribution is 2.34. The number of ether oxygens (including phenoxy) is 1. The summed E-state index contributed by atoms with van der Waals surface area (Å²) in [4.78, 5) is 37.7. The van der Waals surface area contributed by atoms with E-state index in [1.165, 1.54) is 37.3 Å². The number of aryl methyl sites for hydroxylation is 1. The smallest absolute Gasteiger partial charge is 0.339 e. The molecule has 0 radical (unpaired) electrons. The quantitative estimate of drug-likeness (QED) is 0.240. The second kappa shape index (κ2) is 12.1. The minimum atomic E-state index is -4.15. The molecule has 3 aromatic rings. The summed E-state index contributed by atoms with van der Waals surface area (Å²) in [5.41, 5.74) is 2.06. The van der Waals surface area contributed by atoms with Gasteiger partial charge < -0.3 is 14.2 Å².